The Morgan fingerprint density at radius 2 is 2.05 bits per heavy atom. The van der Waals surface area contributed by atoms with Gasteiger partial charge in [0.05, 0.1) is 0 Å². The van der Waals surface area contributed by atoms with Crippen LogP contribution in [0.4, 0.5) is 0 Å². The molecule has 104 valence electrons. The highest BCUT2D eigenvalue weighted by atomic mass is 79.9. The van der Waals surface area contributed by atoms with Gasteiger partial charge >= 0.3 is 0 Å². The zero-order chi connectivity index (χ0) is 14.4. The second-order valence-electron chi connectivity index (χ2n) is 4.95. The van der Waals surface area contributed by atoms with Crippen LogP contribution in [0.5, 0.6) is 0 Å². The molecule has 4 nitrogen and oxygen atoms in total. The Labute approximate surface area is 121 Å². The summed E-state index contributed by atoms with van der Waals surface area (Å²) in [5.74, 6) is -0.412. The van der Waals surface area contributed by atoms with E-state index in [2.05, 4.69) is 21.2 Å². The summed E-state index contributed by atoms with van der Waals surface area (Å²) in [6.45, 7) is 3.90. The topological polar surface area (TPSA) is 72.2 Å². The Kier molecular flexibility index (Phi) is 6.02. The van der Waals surface area contributed by atoms with Crippen molar-refractivity contribution in [2.75, 3.05) is 0 Å². The van der Waals surface area contributed by atoms with Crippen molar-refractivity contribution in [3.63, 3.8) is 0 Å². The summed E-state index contributed by atoms with van der Waals surface area (Å²) in [6, 6.07) is 6.92. The Balaban J connectivity index is 2.68. The van der Waals surface area contributed by atoms with Crippen LogP contribution in [0.15, 0.2) is 28.7 Å². The summed E-state index contributed by atoms with van der Waals surface area (Å²) in [7, 11) is 0. The lowest BCUT2D eigenvalue weighted by Gasteiger charge is -2.16. The molecule has 2 amide bonds. The number of carbonyl (C=O) groups excluding carboxylic acids is 2. The highest BCUT2D eigenvalue weighted by molar-refractivity contribution is 9.10. The van der Waals surface area contributed by atoms with Gasteiger partial charge in [-0.1, -0.05) is 41.9 Å². The maximum absolute atomic E-state index is 11.7. The van der Waals surface area contributed by atoms with E-state index in [1.54, 1.807) is 0 Å². The normalized spacial score (nSPS) is 12.2. The minimum atomic E-state index is -0.666. The molecule has 0 saturated carbocycles. The highest BCUT2D eigenvalue weighted by Crippen LogP contribution is 2.13. The molecule has 5 heteroatoms. The van der Waals surface area contributed by atoms with Crippen molar-refractivity contribution in [1.82, 2.24) is 5.32 Å². The number of hydrogen-bond donors (Lipinski definition) is 2. The number of halogens is 1. The summed E-state index contributed by atoms with van der Waals surface area (Å²) in [5.41, 5.74) is 6.28. The van der Waals surface area contributed by atoms with Gasteiger partial charge in [0.2, 0.25) is 11.8 Å². The fourth-order valence-corrected chi connectivity index (χ4v) is 2.19. The quantitative estimate of drug-likeness (QED) is 0.839. The number of primary amides is 1. The summed E-state index contributed by atoms with van der Waals surface area (Å²) in [5, 5.41) is 2.69. The molecule has 0 bridgehead atoms. The summed E-state index contributed by atoms with van der Waals surface area (Å²) < 4.78 is 0.932. The number of amides is 2. The van der Waals surface area contributed by atoms with E-state index in [0.29, 0.717) is 12.8 Å². The maximum atomic E-state index is 11.7. The highest BCUT2D eigenvalue weighted by Gasteiger charge is 2.19. The largest absolute Gasteiger partial charge is 0.368 e. The first-order valence-corrected chi connectivity index (χ1v) is 7.01. The third-order valence-electron chi connectivity index (χ3n) is 2.60. The van der Waals surface area contributed by atoms with Crippen molar-refractivity contribution >= 4 is 27.7 Å². The first-order valence-electron chi connectivity index (χ1n) is 6.21. The minimum Gasteiger partial charge on any atom is -0.368 e. The summed E-state index contributed by atoms with van der Waals surface area (Å²) in [6.07, 6.45) is 0.793. The molecular formula is C14H19BrN2O2. The smallest absolute Gasteiger partial charge is 0.240 e. The van der Waals surface area contributed by atoms with Gasteiger partial charge in [-0.2, -0.15) is 0 Å². The van der Waals surface area contributed by atoms with E-state index in [4.69, 9.17) is 5.73 Å². The van der Waals surface area contributed by atoms with Gasteiger partial charge in [-0.15, -0.1) is 0 Å². The molecule has 0 fully saturated rings. The first-order chi connectivity index (χ1) is 8.88. The van der Waals surface area contributed by atoms with E-state index in [1.165, 1.54) is 0 Å². The lowest BCUT2D eigenvalue weighted by atomic mass is 10.0. The van der Waals surface area contributed by atoms with Crippen LogP contribution in [-0.4, -0.2) is 17.9 Å². The van der Waals surface area contributed by atoms with E-state index < -0.39 is 11.9 Å². The molecule has 0 spiro atoms. The molecule has 0 saturated heterocycles. The molecule has 0 aliphatic carbocycles. The Hall–Kier alpha value is -1.36. The standard InChI is InChI=1S/C14H19BrN2O2/c1-9(2)6-13(18)17-12(14(16)19)8-10-4-3-5-11(15)7-10/h3-5,7,9,12H,6,8H2,1-2H3,(H2,16,19)(H,17,18)/t12-/m0/s1. The van der Waals surface area contributed by atoms with Crippen LogP contribution in [0.3, 0.4) is 0 Å². The van der Waals surface area contributed by atoms with Crippen LogP contribution in [-0.2, 0) is 16.0 Å². The number of benzene rings is 1. The monoisotopic (exact) mass is 326 g/mol. The molecule has 0 aliphatic heterocycles. The summed E-state index contributed by atoms with van der Waals surface area (Å²) >= 11 is 3.37. The van der Waals surface area contributed by atoms with Crippen LogP contribution in [0, 0.1) is 5.92 Å². The van der Waals surface area contributed by atoms with Crippen LogP contribution >= 0.6 is 15.9 Å². The molecule has 1 rings (SSSR count). The van der Waals surface area contributed by atoms with E-state index in [0.717, 1.165) is 10.0 Å². The number of rotatable bonds is 6. The third-order valence-corrected chi connectivity index (χ3v) is 3.09. The van der Waals surface area contributed by atoms with Gasteiger partial charge < -0.3 is 11.1 Å². The Morgan fingerprint density at radius 3 is 2.58 bits per heavy atom. The van der Waals surface area contributed by atoms with Gasteiger partial charge in [0.15, 0.2) is 0 Å². The van der Waals surface area contributed by atoms with Crippen LogP contribution < -0.4 is 11.1 Å². The molecule has 1 atom stereocenters. The number of carbonyl (C=O) groups is 2. The number of hydrogen-bond acceptors (Lipinski definition) is 2. The molecule has 19 heavy (non-hydrogen) atoms. The Bertz CT molecular complexity index is 461. The van der Waals surface area contributed by atoms with Crippen LogP contribution in [0.2, 0.25) is 0 Å². The number of nitrogens with two attached hydrogens (primary N) is 1. The lowest BCUT2D eigenvalue weighted by molar-refractivity contribution is -0.127. The molecule has 0 heterocycles. The maximum Gasteiger partial charge on any atom is 0.240 e. The van der Waals surface area contributed by atoms with Crippen molar-refractivity contribution < 1.29 is 9.59 Å². The predicted molar refractivity (Wildman–Crippen MR) is 78.4 cm³/mol. The van der Waals surface area contributed by atoms with Gasteiger partial charge in [-0.3, -0.25) is 9.59 Å². The van der Waals surface area contributed by atoms with E-state index >= 15 is 0 Å². The van der Waals surface area contributed by atoms with E-state index in [1.807, 2.05) is 38.1 Å². The van der Waals surface area contributed by atoms with Crippen LogP contribution in [0.25, 0.3) is 0 Å². The zero-order valence-corrected chi connectivity index (χ0v) is 12.7. The van der Waals surface area contributed by atoms with Crippen molar-refractivity contribution in [3.8, 4) is 0 Å². The third kappa shape index (κ3) is 5.87. The fraction of sp³-hybridized carbons (Fsp3) is 0.429. The predicted octanol–water partition coefficient (Wildman–Crippen LogP) is 2.01. The molecule has 0 radical (unpaired) electrons. The molecule has 0 aromatic heterocycles. The zero-order valence-electron chi connectivity index (χ0n) is 11.2. The average Bonchev–Trinajstić information content (AvgIpc) is 2.26. The molecular weight excluding hydrogens is 308 g/mol. The first kappa shape index (κ1) is 15.7. The van der Waals surface area contributed by atoms with Crippen molar-refractivity contribution in [3.05, 3.63) is 34.3 Å². The van der Waals surface area contributed by atoms with Gasteiger partial charge in [0.25, 0.3) is 0 Å². The van der Waals surface area contributed by atoms with Crippen molar-refractivity contribution in [2.45, 2.75) is 32.7 Å². The van der Waals surface area contributed by atoms with E-state index in [-0.39, 0.29) is 11.8 Å². The molecule has 0 unspecified atom stereocenters. The van der Waals surface area contributed by atoms with Gasteiger partial charge in [0, 0.05) is 17.3 Å². The fourth-order valence-electron chi connectivity index (χ4n) is 1.75. The van der Waals surface area contributed by atoms with Crippen molar-refractivity contribution in [1.29, 1.82) is 0 Å². The van der Waals surface area contributed by atoms with E-state index in [9.17, 15) is 9.59 Å². The summed E-state index contributed by atoms with van der Waals surface area (Å²) in [4.78, 5) is 23.1. The number of nitrogens with one attached hydrogen (secondary N) is 1. The van der Waals surface area contributed by atoms with Gasteiger partial charge in [-0.05, 0) is 23.6 Å². The van der Waals surface area contributed by atoms with Crippen LogP contribution in [0.1, 0.15) is 25.8 Å². The average molecular weight is 327 g/mol. The lowest BCUT2D eigenvalue weighted by Crippen LogP contribution is -2.46. The minimum absolute atomic E-state index is 0.145. The second-order valence-corrected chi connectivity index (χ2v) is 5.87. The van der Waals surface area contributed by atoms with Gasteiger partial charge in [-0.25, -0.2) is 0 Å². The molecule has 1 aromatic rings. The molecule has 3 N–H and O–H groups in total. The second kappa shape index (κ2) is 7.28. The SMILES string of the molecule is CC(C)CC(=O)N[C@@H](Cc1cccc(Br)c1)C(N)=O. The Morgan fingerprint density at radius 1 is 1.37 bits per heavy atom. The van der Waals surface area contributed by atoms with Crippen molar-refractivity contribution in [2.24, 2.45) is 11.7 Å². The molecule has 0 aliphatic rings. The van der Waals surface area contributed by atoms with Gasteiger partial charge in [0.1, 0.15) is 6.04 Å². The molecule has 1 aromatic carbocycles.